The molecule has 2 unspecified atom stereocenters. The molecule has 2 atom stereocenters. The number of morpholine rings is 1. The Bertz CT molecular complexity index is 576. The van der Waals surface area contributed by atoms with E-state index < -0.39 is 0 Å². The lowest BCUT2D eigenvalue weighted by Crippen LogP contribution is -2.49. The number of hydrogen-bond acceptors (Lipinski definition) is 4. The zero-order valence-electron chi connectivity index (χ0n) is 15.7. The largest absolute Gasteiger partial charge is 0.375 e. The van der Waals surface area contributed by atoms with Gasteiger partial charge in [-0.2, -0.15) is 5.10 Å². The lowest BCUT2D eigenvalue weighted by molar-refractivity contribution is -0.0868. The van der Waals surface area contributed by atoms with E-state index in [4.69, 9.17) is 9.47 Å². The summed E-state index contributed by atoms with van der Waals surface area (Å²) in [6, 6.07) is 0.362. The molecule has 1 amide bonds. The molecule has 1 aromatic heterocycles. The van der Waals surface area contributed by atoms with Gasteiger partial charge in [-0.15, -0.1) is 0 Å². The summed E-state index contributed by atoms with van der Waals surface area (Å²) in [5, 5.41) is 4.55. The fraction of sp³-hybridized carbons (Fsp3) is 0.789. The van der Waals surface area contributed by atoms with Crippen molar-refractivity contribution in [1.82, 2.24) is 14.7 Å². The first kappa shape index (κ1) is 18.4. The van der Waals surface area contributed by atoms with E-state index in [0.29, 0.717) is 25.7 Å². The standard InChI is InChI=1S/C19H31N3O3/c1-4-14(5-2)22-16(6-3)15(12-20-22)19(23)21-9-11-25-18(13-21)17-8-7-10-24-17/h12,14,17-18H,4-11,13H2,1-3H3. The van der Waals surface area contributed by atoms with Crippen molar-refractivity contribution in [2.75, 3.05) is 26.3 Å². The Kier molecular flexibility index (Phi) is 6.12. The van der Waals surface area contributed by atoms with Gasteiger partial charge < -0.3 is 14.4 Å². The summed E-state index contributed by atoms with van der Waals surface area (Å²) in [5.74, 6) is 0.0837. The van der Waals surface area contributed by atoms with Gasteiger partial charge in [-0.1, -0.05) is 20.8 Å². The Hall–Kier alpha value is -1.40. The zero-order chi connectivity index (χ0) is 17.8. The molecule has 3 rings (SSSR count). The van der Waals surface area contributed by atoms with Crippen LogP contribution in [0, 0.1) is 0 Å². The fourth-order valence-electron chi connectivity index (χ4n) is 4.02. The van der Waals surface area contributed by atoms with Gasteiger partial charge in [-0.3, -0.25) is 9.48 Å². The second-order valence-corrected chi connectivity index (χ2v) is 6.99. The van der Waals surface area contributed by atoms with E-state index in [1.165, 1.54) is 0 Å². The molecule has 0 saturated carbocycles. The van der Waals surface area contributed by atoms with Crippen molar-refractivity contribution >= 4 is 5.91 Å². The summed E-state index contributed by atoms with van der Waals surface area (Å²) < 4.78 is 13.7. The summed E-state index contributed by atoms with van der Waals surface area (Å²) in [6.45, 7) is 9.08. The molecule has 0 aliphatic carbocycles. The molecule has 140 valence electrons. The van der Waals surface area contributed by atoms with Crippen molar-refractivity contribution in [1.29, 1.82) is 0 Å². The van der Waals surface area contributed by atoms with Crippen LogP contribution in [0.25, 0.3) is 0 Å². The van der Waals surface area contributed by atoms with E-state index in [9.17, 15) is 4.79 Å². The van der Waals surface area contributed by atoms with Gasteiger partial charge in [-0.25, -0.2) is 0 Å². The Morgan fingerprint density at radius 1 is 1.24 bits per heavy atom. The predicted molar refractivity (Wildman–Crippen MR) is 95.8 cm³/mol. The lowest BCUT2D eigenvalue weighted by Gasteiger charge is -2.35. The van der Waals surface area contributed by atoms with Gasteiger partial charge >= 0.3 is 0 Å². The predicted octanol–water partition coefficient (Wildman–Crippen LogP) is 2.83. The van der Waals surface area contributed by atoms with Crippen molar-refractivity contribution in [2.24, 2.45) is 0 Å². The minimum absolute atomic E-state index is 0.000599. The maximum absolute atomic E-state index is 13.1. The molecule has 0 radical (unpaired) electrons. The fourth-order valence-corrected chi connectivity index (χ4v) is 4.02. The van der Waals surface area contributed by atoms with Crippen LogP contribution < -0.4 is 0 Å². The molecule has 1 aromatic rings. The molecule has 2 fully saturated rings. The van der Waals surface area contributed by atoms with E-state index in [1.54, 1.807) is 6.20 Å². The second kappa shape index (κ2) is 8.32. The quantitative estimate of drug-likeness (QED) is 0.792. The Labute approximate surface area is 150 Å². The zero-order valence-corrected chi connectivity index (χ0v) is 15.7. The molecule has 3 heterocycles. The average Bonchev–Trinajstić information content (AvgIpc) is 3.32. The normalized spacial score (nSPS) is 24.2. The van der Waals surface area contributed by atoms with Crippen LogP contribution in [0.15, 0.2) is 6.20 Å². The highest BCUT2D eigenvalue weighted by Gasteiger charge is 2.34. The first-order chi connectivity index (χ1) is 12.2. The van der Waals surface area contributed by atoms with Gasteiger partial charge in [-0.05, 0) is 32.1 Å². The van der Waals surface area contributed by atoms with Crippen LogP contribution in [0.2, 0.25) is 0 Å². The SMILES string of the molecule is CCc1c(C(=O)N2CCOC(C3CCCO3)C2)cnn1C(CC)CC. The minimum Gasteiger partial charge on any atom is -0.375 e. The number of amides is 1. The van der Waals surface area contributed by atoms with Crippen LogP contribution in [-0.4, -0.2) is 59.1 Å². The Morgan fingerprint density at radius 3 is 2.64 bits per heavy atom. The third-order valence-corrected chi connectivity index (χ3v) is 5.51. The van der Waals surface area contributed by atoms with Crippen LogP contribution in [0.4, 0.5) is 0 Å². The van der Waals surface area contributed by atoms with Crippen LogP contribution in [0.3, 0.4) is 0 Å². The topological polar surface area (TPSA) is 56.6 Å². The smallest absolute Gasteiger partial charge is 0.257 e. The molecule has 6 heteroatoms. The molecule has 6 nitrogen and oxygen atoms in total. The molecule has 2 saturated heterocycles. The summed E-state index contributed by atoms with van der Waals surface area (Å²) in [5.41, 5.74) is 1.81. The van der Waals surface area contributed by atoms with Gasteiger partial charge in [0.25, 0.3) is 5.91 Å². The first-order valence-corrected chi connectivity index (χ1v) is 9.78. The lowest BCUT2D eigenvalue weighted by atomic mass is 10.1. The Morgan fingerprint density at radius 2 is 2.00 bits per heavy atom. The third kappa shape index (κ3) is 3.75. The highest BCUT2D eigenvalue weighted by atomic mass is 16.5. The van der Waals surface area contributed by atoms with Crippen molar-refractivity contribution < 1.29 is 14.3 Å². The van der Waals surface area contributed by atoms with Crippen LogP contribution in [-0.2, 0) is 15.9 Å². The van der Waals surface area contributed by atoms with Crippen molar-refractivity contribution in [2.45, 2.75) is 71.1 Å². The van der Waals surface area contributed by atoms with Gasteiger partial charge in [0.15, 0.2) is 0 Å². The molecule has 0 N–H and O–H groups in total. The number of aromatic nitrogens is 2. The monoisotopic (exact) mass is 349 g/mol. The van der Waals surface area contributed by atoms with Gasteiger partial charge in [0.2, 0.25) is 0 Å². The first-order valence-electron chi connectivity index (χ1n) is 9.78. The highest BCUT2D eigenvalue weighted by Crippen LogP contribution is 2.24. The molecular weight excluding hydrogens is 318 g/mol. The number of carbonyl (C=O) groups is 1. The number of carbonyl (C=O) groups excluding carboxylic acids is 1. The molecule has 0 spiro atoms. The van der Waals surface area contributed by atoms with Crippen molar-refractivity contribution in [3.8, 4) is 0 Å². The third-order valence-electron chi connectivity index (χ3n) is 5.51. The number of nitrogens with zero attached hydrogens (tertiary/aromatic N) is 3. The summed E-state index contributed by atoms with van der Waals surface area (Å²) in [6.07, 6.45) is 6.87. The van der Waals surface area contributed by atoms with E-state index in [-0.39, 0.29) is 18.1 Å². The van der Waals surface area contributed by atoms with E-state index >= 15 is 0 Å². The minimum atomic E-state index is -0.000599. The van der Waals surface area contributed by atoms with Crippen LogP contribution in [0.1, 0.15) is 68.5 Å². The van der Waals surface area contributed by atoms with Crippen molar-refractivity contribution in [3.63, 3.8) is 0 Å². The van der Waals surface area contributed by atoms with Crippen molar-refractivity contribution in [3.05, 3.63) is 17.5 Å². The number of hydrogen-bond donors (Lipinski definition) is 0. The van der Waals surface area contributed by atoms with Gasteiger partial charge in [0.05, 0.1) is 36.2 Å². The van der Waals surface area contributed by atoms with E-state index in [1.807, 2.05) is 4.90 Å². The molecule has 2 aliphatic heterocycles. The summed E-state index contributed by atoms with van der Waals surface area (Å²) >= 11 is 0. The summed E-state index contributed by atoms with van der Waals surface area (Å²) in [7, 11) is 0. The van der Waals surface area contributed by atoms with Crippen LogP contribution in [0.5, 0.6) is 0 Å². The Balaban J connectivity index is 1.75. The molecular formula is C19H31N3O3. The molecule has 2 aliphatic rings. The second-order valence-electron chi connectivity index (χ2n) is 6.99. The highest BCUT2D eigenvalue weighted by molar-refractivity contribution is 5.95. The molecule has 25 heavy (non-hydrogen) atoms. The average molecular weight is 349 g/mol. The molecule has 0 aromatic carbocycles. The van der Waals surface area contributed by atoms with Crippen LogP contribution >= 0.6 is 0 Å². The summed E-state index contributed by atoms with van der Waals surface area (Å²) in [4.78, 5) is 15.0. The number of ether oxygens (including phenoxy) is 2. The maximum Gasteiger partial charge on any atom is 0.257 e. The number of rotatable bonds is 6. The maximum atomic E-state index is 13.1. The van der Waals surface area contributed by atoms with Gasteiger partial charge in [0.1, 0.15) is 6.10 Å². The van der Waals surface area contributed by atoms with Gasteiger partial charge in [0, 0.05) is 19.7 Å². The van der Waals surface area contributed by atoms with E-state index in [2.05, 4.69) is 30.6 Å². The molecule has 0 bridgehead atoms. The van der Waals surface area contributed by atoms with E-state index in [0.717, 1.165) is 50.0 Å².